The zero-order chi connectivity index (χ0) is 24.5. The molecule has 5 atom stereocenters. The predicted octanol–water partition coefficient (Wildman–Crippen LogP) is -0.0737. The third-order valence-electron chi connectivity index (χ3n) is 6.57. The number of hydrogen-bond donors (Lipinski definition) is 7. The lowest BCUT2D eigenvalue weighted by Gasteiger charge is -2.26. The quantitative estimate of drug-likeness (QED) is 0.0488. The molecule has 2 saturated carbocycles. The third kappa shape index (κ3) is 9.16. The molecule has 3 unspecified atom stereocenters. The lowest BCUT2D eigenvalue weighted by atomic mass is 9.75. The smallest absolute Gasteiger partial charge is 0.426 e. The maximum atomic E-state index is 12.9. The number of fused-ring (bicyclic) bond motifs is 2. The van der Waals surface area contributed by atoms with Gasteiger partial charge in [0.25, 0.3) is 5.96 Å². The summed E-state index contributed by atoms with van der Waals surface area (Å²) in [7, 11) is -1.72. The van der Waals surface area contributed by atoms with Gasteiger partial charge in [0.1, 0.15) is 6.04 Å². The number of guanidine groups is 1. The van der Waals surface area contributed by atoms with Crippen molar-refractivity contribution in [3.8, 4) is 0 Å². The van der Waals surface area contributed by atoms with Crippen LogP contribution in [-0.4, -0.2) is 58.5 Å². The summed E-state index contributed by atoms with van der Waals surface area (Å²) in [6, 6.07) is -0.885. The molecule has 12 nitrogen and oxygen atoms in total. The molecule has 13 heteroatoms. The highest BCUT2D eigenvalue weighted by Crippen LogP contribution is 2.49. The molecule has 7 N–H and O–H groups in total. The summed E-state index contributed by atoms with van der Waals surface area (Å²) in [5, 5.41) is 44.1. The molecule has 0 aromatic heterocycles. The highest BCUT2D eigenvalue weighted by molar-refractivity contribution is 6.43. The molecule has 2 aliphatic rings. The van der Waals surface area contributed by atoms with Crippen molar-refractivity contribution >= 4 is 24.9 Å². The van der Waals surface area contributed by atoms with E-state index >= 15 is 0 Å². The van der Waals surface area contributed by atoms with Gasteiger partial charge in [-0.25, -0.2) is 10.1 Å². The van der Waals surface area contributed by atoms with Gasteiger partial charge < -0.3 is 26.0 Å². The van der Waals surface area contributed by atoms with E-state index < -0.39 is 36.0 Å². The molecule has 2 amide bonds. The van der Waals surface area contributed by atoms with Crippen molar-refractivity contribution in [2.45, 2.75) is 77.2 Å². The number of nitro groups is 1. The molecule has 2 aliphatic carbocycles. The Labute approximate surface area is 194 Å². The van der Waals surface area contributed by atoms with Crippen LogP contribution >= 0.6 is 0 Å². The number of amides is 2. The number of carbonyl (C=O) groups is 2. The minimum absolute atomic E-state index is 0.118. The van der Waals surface area contributed by atoms with E-state index in [4.69, 9.17) is 5.41 Å². The molecule has 0 aromatic rings. The average Bonchev–Trinajstić information content (AvgIpc) is 3.31. The van der Waals surface area contributed by atoms with Crippen molar-refractivity contribution in [1.82, 2.24) is 21.4 Å². The van der Waals surface area contributed by atoms with E-state index in [-0.39, 0.29) is 24.8 Å². The van der Waals surface area contributed by atoms with Crippen molar-refractivity contribution in [3.05, 3.63) is 10.1 Å². The van der Waals surface area contributed by atoms with Crippen molar-refractivity contribution in [2.24, 2.45) is 23.7 Å². The van der Waals surface area contributed by atoms with Crippen molar-refractivity contribution < 1.29 is 24.7 Å². The number of carbonyl (C=O) groups excluding carboxylic acids is 2. The maximum absolute atomic E-state index is 12.9. The van der Waals surface area contributed by atoms with Crippen LogP contribution in [0.2, 0.25) is 0 Å². The first-order chi connectivity index (χ1) is 15.5. The largest absolute Gasteiger partial charge is 0.475 e. The Balaban J connectivity index is 1.92. The molecule has 0 saturated heterocycles. The highest BCUT2D eigenvalue weighted by atomic mass is 16.7. The van der Waals surface area contributed by atoms with Crippen LogP contribution < -0.4 is 21.4 Å². The van der Waals surface area contributed by atoms with Gasteiger partial charge in [-0.2, -0.15) is 0 Å². The Bertz CT molecular complexity index is 709. The van der Waals surface area contributed by atoms with Crippen LogP contribution in [0, 0.1) is 39.2 Å². The maximum Gasteiger partial charge on any atom is 0.475 e. The van der Waals surface area contributed by atoms with Gasteiger partial charge in [-0.3, -0.25) is 15.0 Å². The molecule has 2 bridgehead atoms. The lowest BCUT2D eigenvalue weighted by molar-refractivity contribution is -0.525. The van der Waals surface area contributed by atoms with E-state index in [1.807, 2.05) is 13.8 Å². The van der Waals surface area contributed by atoms with Gasteiger partial charge in [0.15, 0.2) is 5.03 Å². The molecule has 2 rings (SSSR count). The SMILES string of the molecule is CC(C)C[C@H](NC(=O)[C@H](CCCNC(=N)N[N+](=O)[O-])NC(=O)CC1CC2CCC1C2)B(O)O. The normalized spacial score (nSPS) is 23.0. The van der Waals surface area contributed by atoms with Crippen LogP contribution in [0.5, 0.6) is 0 Å². The second-order valence-electron chi connectivity index (χ2n) is 9.73. The average molecular weight is 468 g/mol. The molecule has 186 valence electrons. The van der Waals surface area contributed by atoms with E-state index in [0.29, 0.717) is 37.0 Å². The molecule has 2 fully saturated rings. The molecule has 0 spiro atoms. The van der Waals surface area contributed by atoms with Crippen LogP contribution in [0.1, 0.15) is 65.2 Å². The fourth-order valence-electron chi connectivity index (χ4n) is 5.08. The number of nitrogens with zero attached hydrogens (tertiary/aromatic N) is 1. The third-order valence-corrected chi connectivity index (χ3v) is 6.57. The van der Waals surface area contributed by atoms with Crippen LogP contribution in [0.15, 0.2) is 0 Å². The summed E-state index contributed by atoms with van der Waals surface area (Å²) in [4.78, 5) is 36.0. The monoisotopic (exact) mass is 468 g/mol. The van der Waals surface area contributed by atoms with Gasteiger partial charge in [-0.15, -0.1) is 0 Å². The zero-order valence-electron chi connectivity index (χ0n) is 19.4. The van der Waals surface area contributed by atoms with Gasteiger partial charge in [0.05, 0.1) is 5.94 Å². The summed E-state index contributed by atoms with van der Waals surface area (Å²) in [6.45, 7) is 3.98. The molecule has 0 aliphatic heterocycles. The van der Waals surface area contributed by atoms with Crippen LogP contribution in [0.4, 0.5) is 0 Å². The van der Waals surface area contributed by atoms with Crippen molar-refractivity contribution in [3.63, 3.8) is 0 Å². The van der Waals surface area contributed by atoms with E-state index in [9.17, 15) is 29.8 Å². The Morgan fingerprint density at radius 1 is 1.21 bits per heavy atom. The first-order valence-corrected chi connectivity index (χ1v) is 11.7. The van der Waals surface area contributed by atoms with Crippen LogP contribution in [0.3, 0.4) is 0 Å². The fraction of sp³-hybridized carbons (Fsp3) is 0.850. The van der Waals surface area contributed by atoms with E-state index in [2.05, 4.69) is 16.0 Å². The fourth-order valence-corrected chi connectivity index (χ4v) is 5.08. The van der Waals surface area contributed by atoms with Gasteiger partial charge >= 0.3 is 7.12 Å². The molecule has 0 aromatic carbocycles. The van der Waals surface area contributed by atoms with Gasteiger partial charge in [-0.1, -0.05) is 25.7 Å². The summed E-state index contributed by atoms with van der Waals surface area (Å²) < 4.78 is 0. The molecule has 0 radical (unpaired) electrons. The second kappa shape index (κ2) is 12.7. The number of hydrogen-bond acceptors (Lipinski definition) is 7. The molecular formula is C20H37BN6O6. The predicted molar refractivity (Wildman–Crippen MR) is 122 cm³/mol. The molecule has 0 heterocycles. The minimum Gasteiger partial charge on any atom is -0.426 e. The Hall–Kier alpha value is -2.41. The van der Waals surface area contributed by atoms with Crippen LogP contribution in [-0.2, 0) is 9.59 Å². The topological polar surface area (TPSA) is 190 Å². The van der Waals surface area contributed by atoms with Gasteiger partial charge in [0, 0.05) is 13.0 Å². The van der Waals surface area contributed by atoms with Crippen LogP contribution in [0.25, 0.3) is 0 Å². The first kappa shape index (κ1) is 26.8. The summed E-state index contributed by atoms with van der Waals surface area (Å²) >= 11 is 0. The summed E-state index contributed by atoms with van der Waals surface area (Å²) in [5.74, 6) is -0.286. The summed E-state index contributed by atoms with van der Waals surface area (Å²) in [6.07, 6.45) is 5.95. The summed E-state index contributed by atoms with van der Waals surface area (Å²) in [5.41, 5.74) is 1.69. The second-order valence-corrected chi connectivity index (χ2v) is 9.73. The van der Waals surface area contributed by atoms with Crippen molar-refractivity contribution in [2.75, 3.05) is 6.54 Å². The van der Waals surface area contributed by atoms with E-state index in [1.54, 1.807) is 5.43 Å². The van der Waals surface area contributed by atoms with Crippen molar-refractivity contribution in [1.29, 1.82) is 5.41 Å². The Kier molecular flexibility index (Phi) is 10.4. The Morgan fingerprint density at radius 3 is 2.48 bits per heavy atom. The Morgan fingerprint density at radius 2 is 1.94 bits per heavy atom. The molecular weight excluding hydrogens is 431 g/mol. The minimum atomic E-state index is -1.72. The van der Waals surface area contributed by atoms with E-state index in [1.165, 1.54) is 12.8 Å². The van der Waals surface area contributed by atoms with Gasteiger partial charge in [-0.05, 0) is 62.2 Å². The first-order valence-electron chi connectivity index (χ1n) is 11.7. The number of nitrogens with one attached hydrogen (secondary N) is 5. The zero-order valence-corrected chi connectivity index (χ0v) is 19.4. The number of hydrazine groups is 1. The highest BCUT2D eigenvalue weighted by Gasteiger charge is 2.40. The number of rotatable bonds is 13. The van der Waals surface area contributed by atoms with E-state index in [0.717, 1.165) is 12.8 Å². The molecule has 33 heavy (non-hydrogen) atoms. The standard InChI is InChI=1S/C20H37BN6O6/c1-12(2)8-17(21(30)31)25-19(29)16(4-3-7-23-20(22)26-27(32)33)24-18(28)11-15-10-13-5-6-14(15)9-13/h12-17,30-31H,3-11H2,1-2H3,(H,24,28)(H,25,29)(H3,22,23,26)/t13?,14?,15?,16-,17-/m0/s1. The van der Waals surface area contributed by atoms with Gasteiger partial charge in [0.2, 0.25) is 11.8 Å². The lowest BCUT2D eigenvalue weighted by Crippen LogP contribution is -2.54.